The van der Waals surface area contributed by atoms with E-state index in [1.807, 2.05) is 30.3 Å². The van der Waals surface area contributed by atoms with Crippen LogP contribution in [-0.4, -0.2) is 58.3 Å². The number of nitrogens with zero attached hydrogens (tertiary/aromatic N) is 2. The molecule has 7 nitrogen and oxygen atoms in total. The number of hydrogen-bond donors (Lipinski definition) is 2. The second-order valence-corrected chi connectivity index (χ2v) is 7.42. The number of aryl methyl sites for hydroxylation is 1. The number of piperidine rings is 1. The summed E-state index contributed by atoms with van der Waals surface area (Å²) in [5.41, 5.74) is 0.115. The molecule has 0 radical (unpaired) electrons. The minimum atomic E-state index is -1.37. The molecule has 1 aliphatic heterocycles. The number of ether oxygens (including phenoxy) is 1. The second-order valence-electron chi connectivity index (χ2n) is 7.42. The van der Waals surface area contributed by atoms with E-state index in [-0.39, 0.29) is 18.9 Å². The monoisotopic (exact) mass is 398 g/mol. The van der Waals surface area contributed by atoms with Gasteiger partial charge in [-0.1, -0.05) is 30.3 Å². The van der Waals surface area contributed by atoms with Crippen LogP contribution < -0.4 is 4.74 Å². The van der Waals surface area contributed by atoms with Gasteiger partial charge in [0.15, 0.2) is 0 Å². The molecule has 1 aliphatic rings. The number of aliphatic carboxylic acids is 1. The van der Waals surface area contributed by atoms with Crippen LogP contribution in [-0.2, 0) is 11.2 Å². The van der Waals surface area contributed by atoms with Crippen LogP contribution in [0, 0.1) is 5.41 Å². The molecule has 2 N–H and O–H groups in total. The summed E-state index contributed by atoms with van der Waals surface area (Å²) in [5, 5.41) is 20.5. The average molecular weight is 398 g/mol. The van der Waals surface area contributed by atoms with Crippen molar-refractivity contribution in [2.24, 2.45) is 5.41 Å². The number of hydrogen-bond acceptors (Lipinski definition) is 5. The third-order valence-corrected chi connectivity index (χ3v) is 5.62. The van der Waals surface area contributed by atoms with Gasteiger partial charge in [-0.3, -0.25) is 9.59 Å². The van der Waals surface area contributed by atoms with Crippen LogP contribution >= 0.6 is 0 Å². The van der Waals surface area contributed by atoms with Crippen molar-refractivity contribution in [3.05, 3.63) is 59.8 Å². The summed E-state index contributed by atoms with van der Waals surface area (Å²) in [6, 6.07) is 13.0. The lowest BCUT2D eigenvalue weighted by molar-refractivity contribution is -0.162. The Morgan fingerprint density at radius 3 is 2.62 bits per heavy atom. The lowest BCUT2D eigenvalue weighted by atomic mass is 9.73. The molecule has 0 aliphatic carbocycles. The summed E-state index contributed by atoms with van der Waals surface area (Å²) < 4.78 is 5.01. The quantitative estimate of drug-likeness (QED) is 0.743. The van der Waals surface area contributed by atoms with E-state index in [2.05, 4.69) is 4.98 Å². The molecule has 0 saturated carbocycles. The van der Waals surface area contributed by atoms with Gasteiger partial charge in [-0.15, -0.1) is 0 Å². The van der Waals surface area contributed by atoms with Crippen molar-refractivity contribution in [1.82, 2.24) is 9.88 Å². The summed E-state index contributed by atoms with van der Waals surface area (Å²) in [6.45, 7) is 0.281. The first kappa shape index (κ1) is 20.8. The number of carbonyl (C=O) groups is 2. The SMILES string of the molecule is COc1ccc(C(=O)N2CC[C@@H](O)[C@](CCCc3ccccc3)(C(=O)O)C2)cn1. The van der Waals surface area contributed by atoms with Gasteiger partial charge in [0.25, 0.3) is 5.91 Å². The zero-order valence-electron chi connectivity index (χ0n) is 16.5. The highest BCUT2D eigenvalue weighted by Gasteiger charge is 2.49. The van der Waals surface area contributed by atoms with Gasteiger partial charge in [-0.25, -0.2) is 4.98 Å². The molecule has 1 aromatic heterocycles. The van der Waals surface area contributed by atoms with Gasteiger partial charge in [0.1, 0.15) is 5.41 Å². The van der Waals surface area contributed by atoms with Crippen LogP contribution in [0.3, 0.4) is 0 Å². The Morgan fingerprint density at radius 1 is 1.24 bits per heavy atom. The Bertz CT molecular complexity index is 840. The molecule has 29 heavy (non-hydrogen) atoms. The van der Waals surface area contributed by atoms with Gasteiger partial charge in [0, 0.05) is 25.4 Å². The van der Waals surface area contributed by atoms with Gasteiger partial charge < -0.3 is 19.8 Å². The number of carbonyl (C=O) groups excluding carboxylic acids is 1. The average Bonchev–Trinajstić information content (AvgIpc) is 2.75. The molecular formula is C22H26N2O5. The van der Waals surface area contributed by atoms with Crippen LogP contribution in [0.5, 0.6) is 5.88 Å². The predicted octanol–water partition coefficient (Wildman–Crippen LogP) is 2.39. The minimum Gasteiger partial charge on any atom is -0.481 e. The van der Waals surface area contributed by atoms with Crippen molar-refractivity contribution in [3.8, 4) is 5.88 Å². The first-order valence-corrected chi connectivity index (χ1v) is 9.71. The maximum atomic E-state index is 12.9. The zero-order valence-corrected chi connectivity index (χ0v) is 16.5. The molecule has 0 bridgehead atoms. The molecule has 0 unspecified atom stereocenters. The van der Waals surface area contributed by atoms with Crippen molar-refractivity contribution >= 4 is 11.9 Å². The number of carboxylic acid groups (broad SMARTS) is 1. The molecule has 1 saturated heterocycles. The fourth-order valence-electron chi connectivity index (χ4n) is 3.88. The molecule has 1 aromatic carbocycles. The van der Waals surface area contributed by atoms with Crippen LogP contribution in [0.4, 0.5) is 0 Å². The van der Waals surface area contributed by atoms with E-state index in [0.29, 0.717) is 30.8 Å². The van der Waals surface area contributed by atoms with Crippen LogP contribution in [0.25, 0.3) is 0 Å². The highest BCUT2D eigenvalue weighted by molar-refractivity contribution is 5.94. The normalized spacial score (nSPS) is 21.6. The van der Waals surface area contributed by atoms with Gasteiger partial charge in [0.2, 0.25) is 5.88 Å². The van der Waals surface area contributed by atoms with E-state index in [1.54, 1.807) is 12.1 Å². The molecule has 1 fully saturated rings. The molecule has 2 heterocycles. The Kier molecular flexibility index (Phi) is 6.49. The van der Waals surface area contributed by atoms with E-state index in [1.165, 1.54) is 18.2 Å². The highest BCUT2D eigenvalue weighted by Crippen LogP contribution is 2.36. The van der Waals surface area contributed by atoms with E-state index >= 15 is 0 Å². The van der Waals surface area contributed by atoms with Crippen LogP contribution in [0.1, 0.15) is 35.2 Å². The summed E-state index contributed by atoms with van der Waals surface area (Å²) >= 11 is 0. The molecule has 3 rings (SSSR count). The largest absolute Gasteiger partial charge is 0.481 e. The summed E-state index contributed by atoms with van der Waals surface area (Å²) in [7, 11) is 1.49. The van der Waals surface area contributed by atoms with Crippen molar-refractivity contribution in [2.75, 3.05) is 20.2 Å². The first-order chi connectivity index (χ1) is 14.0. The summed E-state index contributed by atoms with van der Waals surface area (Å²) in [4.78, 5) is 30.6. The maximum absolute atomic E-state index is 12.9. The predicted molar refractivity (Wildman–Crippen MR) is 107 cm³/mol. The van der Waals surface area contributed by atoms with E-state index in [0.717, 1.165) is 12.0 Å². The minimum absolute atomic E-state index is 0.0247. The molecule has 7 heteroatoms. The van der Waals surface area contributed by atoms with Crippen molar-refractivity contribution in [3.63, 3.8) is 0 Å². The topological polar surface area (TPSA) is 100.0 Å². The molecule has 1 amide bonds. The second kappa shape index (κ2) is 9.05. The lowest BCUT2D eigenvalue weighted by Crippen LogP contribution is -2.57. The van der Waals surface area contributed by atoms with Crippen molar-refractivity contribution in [2.45, 2.75) is 31.8 Å². The summed E-state index contributed by atoms with van der Waals surface area (Å²) in [6.07, 6.45) is 2.28. The lowest BCUT2D eigenvalue weighted by Gasteiger charge is -2.43. The number of likely N-dealkylation sites (tertiary alicyclic amines) is 1. The van der Waals surface area contributed by atoms with E-state index < -0.39 is 17.5 Å². The fraction of sp³-hybridized carbons (Fsp3) is 0.409. The Morgan fingerprint density at radius 2 is 2.00 bits per heavy atom. The van der Waals surface area contributed by atoms with Crippen molar-refractivity contribution in [1.29, 1.82) is 0 Å². The van der Waals surface area contributed by atoms with E-state index in [9.17, 15) is 19.8 Å². The smallest absolute Gasteiger partial charge is 0.314 e. The van der Waals surface area contributed by atoms with Crippen LogP contribution in [0.15, 0.2) is 48.7 Å². The van der Waals surface area contributed by atoms with Gasteiger partial charge in [-0.05, 0) is 37.3 Å². The number of amides is 1. The number of aliphatic hydroxyl groups excluding tert-OH is 1. The molecule has 154 valence electrons. The number of aliphatic hydroxyl groups is 1. The third-order valence-electron chi connectivity index (χ3n) is 5.62. The molecule has 0 spiro atoms. The standard InChI is InChI=1S/C22H26N2O5/c1-29-19-10-9-17(14-23-19)20(26)24-13-11-18(25)22(15-24,21(27)28)12-5-8-16-6-3-2-4-7-16/h2-4,6-7,9-10,14,18,25H,5,8,11-13,15H2,1H3,(H,27,28)/t18-,22-/m1/s1. The zero-order chi connectivity index (χ0) is 20.9. The number of benzene rings is 1. The van der Waals surface area contributed by atoms with Gasteiger partial charge >= 0.3 is 5.97 Å². The number of rotatable bonds is 7. The van der Waals surface area contributed by atoms with Crippen molar-refractivity contribution < 1.29 is 24.5 Å². The maximum Gasteiger partial charge on any atom is 0.314 e. The first-order valence-electron chi connectivity index (χ1n) is 9.71. The molecule has 2 atom stereocenters. The third kappa shape index (κ3) is 4.56. The van der Waals surface area contributed by atoms with Crippen LogP contribution in [0.2, 0.25) is 0 Å². The van der Waals surface area contributed by atoms with Gasteiger partial charge in [0.05, 0.1) is 18.8 Å². The highest BCUT2D eigenvalue weighted by atomic mass is 16.5. The molecule has 2 aromatic rings. The number of carboxylic acids is 1. The van der Waals surface area contributed by atoms with E-state index in [4.69, 9.17) is 4.74 Å². The van der Waals surface area contributed by atoms with Gasteiger partial charge in [-0.2, -0.15) is 0 Å². The Hall–Kier alpha value is -2.93. The Balaban J connectivity index is 1.73. The fourth-order valence-corrected chi connectivity index (χ4v) is 3.88. The molecular weight excluding hydrogens is 372 g/mol. The number of pyridine rings is 1. The Labute approximate surface area is 170 Å². The summed E-state index contributed by atoms with van der Waals surface area (Å²) in [5.74, 6) is -0.958. The number of aromatic nitrogens is 1. The number of methoxy groups -OCH3 is 1.